The molecule has 1 amide bonds. The molecule has 5 heteroatoms. The predicted molar refractivity (Wildman–Crippen MR) is 65.9 cm³/mol. The van der Waals surface area contributed by atoms with Gasteiger partial charge in [0.15, 0.2) is 5.13 Å². The number of nitrogens with zero attached hydrogens (tertiary/aromatic N) is 1. The van der Waals surface area contributed by atoms with E-state index in [0.717, 1.165) is 10.6 Å². The minimum atomic E-state index is -0.784. The van der Waals surface area contributed by atoms with Crippen molar-refractivity contribution in [2.45, 2.75) is 39.7 Å². The second-order valence-electron chi connectivity index (χ2n) is 3.90. The number of methoxy groups -OCH3 is 1. The fraction of sp³-hybridized carbons (Fsp3) is 0.636. The second kappa shape index (κ2) is 4.93. The number of nitrogens with one attached hydrogen (secondary N) is 1. The van der Waals surface area contributed by atoms with E-state index in [9.17, 15) is 4.79 Å². The van der Waals surface area contributed by atoms with Gasteiger partial charge in [-0.05, 0) is 27.2 Å². The highest BCUT2D eigenvalue weighted by molar-refractivity contribution is 7.15. The van der Waals surface area contributed by atoms with E-state index in [0.29, 0.717) is 11.6 Å². The molecule has 1 aromatic heterocycles. The summed E-state index contributed by atoms with van der Waals surface area (Å²) in [4.78, 5) is 17.3. The topological polar surface area (TPSA) is 51.2 Å². The van der Waals surface area contributed by atoms with Crippen molar-refractivity contribution in [3.63, 3.8) is 0 Å². The SMILES string of the molecule is CCC(C)(OC)C(=O)Nc1nc(C)c(C)s1. The van der Waals surface area contributed by atoms with Gasteiger partial charge in [-0.2, -0.15) is 0 Å². The maximum Gasteiger partial charge on any atom is 0.258 e. The Kier molecular flexibility index (Phi) is 4.04. The van der Waals surface area contributed by atoms with E-state index in [-0.39, 0.29) is 5.91 Å². The van der Waals surface area contributed by atoms with Gasteiger partial charge in [-0.3, -0.25) is 10.1 Å². The maximum atomic E-state index is 11.9. The van der Waals surface area contributed by atoms with Crippen molar-refractivity contribution in [3.8, 4) is 0 Å². The van der Waals surface area contributed by atoms with E-state index in [1.54, 1.807) is 14.0 Å². The van der Waals surface area contributed by atoms with Crippen LogP contribution in [0.1, 0.15) is 30.8 Å². The number of amides is 1. The molecule has 0 aromatic carbocycles. The van der Waals surface area contributed by atoms with Crippen LogP contribution in [0.5, 0.6) is 0 Å². The summed E-state index contributed by atoms with van der Waals surface area (Å²) in [6.45, 7) is 7.60. The molecule has 0 fully saturated rings. The summed E-state index contributed by atoms with van der Waals surface area (Å²) in [5, 5.41) is 3.43. The molecule has 1 atom stereocenters. The number of thiazole rings is 1. The third kappa shape index (κ3) is 2.59. The zero-order chi connectivity index (χ0) is 12.3. The lowest BCUT2D eigenvalue weighted by Crippen LogP contribution is -2.41. The van der Waals surface area contributed by atoms with Crippen molar-refractivity contribution in [1.29, 1.82) is 0 Å². The van der Waals surface area contributed by atoms with E-state index in [1.165, 1.54) is 11.3 Å². The molecule has 0 aliphatic rings. The molecule has 1 heterocycles. The summed E-state index contributed by atoms with van der Waals surface area (Å²) in [7, 11) is 1.54. The Hall–Kier alpha value is -0.940. The van der Waals surface area contributed by atoms with Crippen LogP contribution >= 0.6 is 11.3 Å². The second-order valence-corrected chi connectivity index (χ2v) is 5.11. The smallest absolute Gasteiger partial charge is 0.258 e. The van der Waals surface area contributed by atoms with Gasteiger partial charge in [-0.1, -0.05) is 6.92 Å². The Morgan fingerprint density at radius 3 is 2.56 bits per heavy atom. The van der Waals surface area contributed by atoms with Crippen LogP contribution < -0.4 is 5.32 Å². The summed E-state index contributed by atoms with van der Waals surface area (Å²) in [6.07, 6.45) is 0.624. The number of rotatable bonds is 4. The van der Waals surface area contributed by atoms with E-state index in [1.807, 2.05) is 20.8 Å². The highest BCUT2D eigenvalue weighted by Gasteiger charge is 2.31. The fourth-order valence-electron chi connectivity index (χ4n) is 1.15. The molecule has 0 saturated carbocycles. The molecule has 0 bridgehead atoms. The molecule has 0 radical (unpaired) electrons. The molecule has 0 aliphatic carbocycles. The van der Waals surface area contributed by atoms with Gasteiger partial charge in [0.25, 0.3) is 5.91 Å². The lowest BCUT2D eigenvalue weighted by Gasteiger charge is -2.24. The Balaban J connectivity index is 2.78. The molecular formula is C11H18N2O2S. The third-order valence-electron chi connectivity index (χ3n) is 2.85. The largest absolute Gasteiger partial charge is 0.369 e. The molecule has 1 rings (SSSR count). The highest BCUT2D eigenvalue weighted by atomic mass is 32.1. The van der Waals surface area contributed by atoms with Gasteiger partial charge >= 0.3 is 0 Å². The first-order valence-corrected chi connectivity index (χ1v) is 6.05. The quantitative estimate of drug-likeness (QED) is 0.882. The van der Waals surface area contributed by atoms with Crippen LogP contribution in [-0.2, 0) is 9.53 Å². The Morgan fingerprint density at radius 2 is 2.19 bits per heavy atom. The normalized spacial score (nSPS) is 14.6. The molecular weight excluding hydrogens is 224 g/mol. The van der Waals surface area contributed by atoms with Crippen LogP contribution in [0.4, 0.5) is 5.13 Å². The number of ether oxygens (including phenoxy) is 1. The Labute approximate surface area is 100 Å². The summed E-state index contributed by atoms with van der Waals surface area (Å²) in [5.41, 5.74) is 0.170. The van der Waals surface area contributed by atoms with E-state index in [4.69, 9.17) is 4.74 Å². The lowest BCUT2D eigenvalue weighted by molar-refractivity contribution is -0.136. The molecule has 4 nitrogen and oxygen atoms in total. The van der Waals surface area contributed by atoms with Crippen LogP contribution in [0.2, 0.25) is 0 Å². The molecule has 1 aromatic rings. The number of aromatic nitrogens is 1. The fourth-order valence-corrected chi connectivity index (χ4v) is 1.96. The van der Waals surface area contributed by atoms with Gasteiger partial charge in [0.2, 0.25) is 0 Å². The van der Waals surface area contributed by atoms with Crippen molar-refractivity contribution >= 4 is 22.4 Å². The molecule has 1 N–H and O–H groups in total. The first-order valence-electron chi connectivity index (χ1n) is 5.23. The Bertz CT molecular complexity index is 364. The average molecular weight is 242 g/mol. The number of aryl methyl sites for hydroxylation is 2. The van der Waals surface area contributed by atoms with Crippen LogP contribution in [0.3, 0.4) is 0 Å². The predicted octanol–water partition coefficient (Wildman–Crippen LogP) is 2.51. The van der Waals surface area contributed by atoms with Crippen LogP contribution in [0, 0.1) is 13.8 Å². The summed E-state index contributed by atoms with van der Waals surface area (Å²) >= 11 is 1.48. The molecule has 90 valence electrons. The molecule has 0 saturated heterocycles. The number of anilines is 1. The van der Waals surface area contributed by atoms with E-state index < -0.39 is 5.60 Å². The lowest BCUT2D eigenvalue weighted by atomic mass is 10.0. The maximum absolute atomic E-state index is 11.9. The zero-order valence-electron chi connectivity index (χ0n) is 10.4. The molecule has 0 spiro atoms. The monoisotopic (exact) mass is 242 g/mol. The van der Waals surface area contributed by atoms with Gasteiger partial charge in [-0.25, -0.2) is 4.98 Å². The van der Waals surface area contributed by atoms with E-state index in [2.05, 4.69) is 10.3 Å². The standard InChI is InChI=1S/C11H18N2O2S/c1-6-11(4,15-5)9(14)13-10-12-7(2)8(3)16-10/h6H2,1-5H3,(H,12,13,14). The van der Waals surface area contributed by atoms with Crippen molar-refractivity contribution in [2.75, 3.05) is 12.4 Å². The summed E-state index contributed by atoms with van der Waals surface area (Å²) < 4.78 is 5.22. The van der Waals surface area contributed by atoms with Crippen LogP contribution in [-0.4, -0.2) is 23.6 Å². The van der Waals surface area contributed by atoms with Gasteiger partial charge < -0.3 is 4.74 Å². The van der Waals surface area contributed by atoms with Gasteiger partial charge in [-0.15, -0.1) is 11.3 Å². The van der Waals surface area contributed by atoms with Crippen molar-refractivity contribution in [3.05, 3.63) is 10.6 Å². The van der Waals surface area contributed by atoms with Crippen LogP contribution in [0.25, 0.3) is 0 Å². The molecule has 16 heavy (non-hydrogen) atoms. The first kappa shape index (κ1) is 13.1. The minimum Gasteiger partial charge on any atom is -0.369 e. The van der Waals surface area contributed by atoms with Gasteiger partial charge in [0.1, 0.15) is 5.60 Å². The minimum absolute atomic E-state index is 0.147. The number of hydrogen-bond donors (Lipinski definition) is 1. The van der Waals surface area contributed by atoms with E-state index >= 15 is 0 Å². The third-order valence-corrected chi connectivity index (χ3v) is 3.84. The molecule has 1 unspecified atom stereocenters. The van der Waals surface area contributed by atoms with Crippen molar-refractivity contribution < 1.29 is 9.53 Å². The number of carbonyl (C=O) groups excluding carboxylic acids is 1. The summed E-state index contributed by atoms with van der Waals surface area (Å²) in [5.74, 6) is -0.147. The Morgan fingerprint density at radius 1 is 1.56 bits per heavy atom. The zero-order valence-corrected chi connectivity index (χ0v) is 11.2. The van der Waals surface area contributed by atoms with Crippen molar-refractivity contribution in [1.82, 2.24) is 4.98 Å². The van der Waals surface area contributed by atoms with Crippen molar-refractivity contribution in [2.24, 2.45) is 0 Å². The number of carbonyl (C=O) groups is 1. The van der Waals surface area contributed by atoms with Crippen LogP contribution in [0.15, 0.2) is 0 Å². The van der Waals surface area contributed by atoms with Gasteiger partial charge in [0, 0.05) is 12.0 Å². The summed E-state index contributed by atoms with van der Waals surface area (Å²) in [6, 6.07) is 0. The molecule has 0 aliphatic heterocycles. The van der Waals surface area contributed by atoms with Gasteiger partial charge in [0.05, 0.1) is 5.69 Å². The highest BCUT2D eigenvalue weighted by Crippen LogP contribution is 2.23. The number of hydrogen-bond acceptors (Lipinski definition) is 4. The first-order chi connectivity index (χ1) is 7.42. The average Bonchev–Trinajstić information content (AvgIpc) is 2.56.